The second-order valence-electron chi connectivity index (χ2n) is 4.69. The molecule has 0 aromatic heterocycles. The summed E-state index contributed by atoms with van der Waals surface area (Å²) in [6, 6.07) is 0. The molecule has 0 amide bonds. The van der Waals surface area contributed by atoms with E-state index >= 15 is 0 Å². The molecule has 0 aliphatic heterocycles. The highest BCUT2D eigenvalue weighted by Gasteiger charge is 2.23. The maximum atomic E-state index is 3.83. The van der Waals surface area contributed by atoms with Crippen molar-refractivity contribution in [3.63, 3.8) is 0 Å². The van der Waals surface area contributed by atoms with E-state index in [1.54, 1.807) is 0 Å². The molecule has 0 bridgehead atoms. The van der Waals surface area contributed by atoms with Gasteiger partial charge in [-0.2, -0.15) is 0 Å². The van der Waals surface area contributed by atoms with Gasteiger partial charge in [0.05, 0.1) is 0 Å². The summed E-state index contributed by atoms with van der Waals surface area (Å²) in [7, 11) is 0. The first kappa shape index (κ1) is 11.6. The third-order valence-corrected chi connectivity index (χ3v) is 4.51. The predicted molar refractivity (Wildman–Crippen MR) is 63.4 cm³/mol. The van der Waals surface area contributed by atoms with E-state index < -0.39 is 0 Å². The highest BCUT2D eigenvalue weighted by molar-refractivity contribution is 9.09. The molecule has 3 unspecified atom stereocenters. The Kier molecular flexibility index (Phi) is 5.38. The Bertz CT molecular complexity index is 133. The largest absolute Gasteiger partial charge is 0.0888 e. The number of hydrogen-bond acceptors (Lipinski definition) is 0. The van der Waals surface area contributed by atoms with Crippen LogP contribution in [0.2, 0.25) is 0 Å². The average Bonchev–Trinajstić information content (AvgIpc) is 2.09. The van der Waals surface area contributed by atoms with Crippen molar-refractivity contribution in [2.24, 2.45) is 11.8 Å². The molecule has 0 aromatic carbocycles. The standard InChI is InChI=1S/C12H23Br/c1-3-6-10(2)9-11-7-4-5-8-12(11)13/h10-12H,3-9H2,1-2H3. The van der Waals surface area contributed by atoms with Gasteiger partial charge in [-0.15, -0.1) is 0 Å². The maximum Gasteiger partial charge on any atom is 0.0174 e. The van der Waals surface area contributed by atoms with Gasteiger partial charge in [0.1, 0.15) is 0 Å². The van der Waals surface area contributed by atoms with E-state index in [0.717, 1.165) is 16.7 Å². The van der Waals surface area contributed by atoms with Crippen molar-refractivity contribution in [1.82, 2.24) is 0 Å². The van der Waals surface area contributed by atoms with Crippen LogP contribution in [0.3, 0.4) is 0 Å². The molecule has 1 fully saturated rings. The number of hydrogen-bond donors (Lipinski definition) is 0. The van der Waals surface area contributed by atoms with E-state index in [1.807, 2.05) is 0 Å². The molecule has 0 saturated heterocycles. The summed E-state index contributed by atoms with van der Waals surface area (Å²) in [6.45, 7) is 4.71. The molecule has 3 atom stereocenters. The van der Waals surface area contributed by atoms with Crippen molar-refractivity contribution in [3.8, 4) is 0 Å². The highest BCUT2D eigenvalue weighted by Crippen LogP contribution is 2.34. The van der Waals surface area contributed by atoms with Gasteiger partial charge < -0.3 is 0 Å². The topological polar surface area (TPSA) is 0 Å². The summed E-state index contributed by atoms with van der Waals surface area (Å²) in [5, 5.41) is 0. The zero-order chi connectivity index (χ0) is 9.68. The summed E-state index contributed by atoms with van der Waals surface area (Å²) >= 11 is 3.83. The van der Waals surface area contributed by atoms with Crippen LogP contribution in [-0.2, 0) is 0 Å². The van der Waals surface area contributed by atoms with Crippen LogP contribution >= 0.6 is 15.9 Å². The molecule has 78 valence electrons. The Morgan fingerprint density at radius 3 is 2.62 bits per heavy atom. The zero-order valence-electron chi connectivity index (χ0n) is 9.06. The molecule has 0 radical (unpaired) electrons. The molecule has 1 aliphatic rings. The second-order valence-corrected chi connectivity index (χ2v) is 5.87. The molecular formula is C12H23Br. The van der Waals surface area contributed by atoms with Crippen LogP contribution in [0.15, 0.2) is 0 Å². The minimum Gasteiger partial charge on any atom is -0.0888 e. The molecular weight excluding hydrogens is 224 g/mol. The predicted octanol–water partition coefficient (Wildman–Crippen LogP) is 4.77. The normalized spacial score (nSPS) is 31.6. The highest BCUT2D eigenvalue weighted by atomic mass is 79.9. The smallest absolute Gasteiger partial charge is 0.0174 e. The minimum atomic E-state index is 0.820. The lowest BCUT2D eigenvalue weighted by Crippen LogP contribution is -2.21. The third kappa shape index (κ3) is 4.01. The summed E-state index contributed by atoms with van der Waals surface area (Å²) in [5.74, 6) is 1.91. The van der Waals surface area contributed by atoms with Crippen LogP contribution in [0.4, 0.5) is 0 Å². The maximum absolute atomic E-state index is 3.83. The number of halogens is 1. The molecule has 0 aromatic rings. The van der Waals surface area contributed by atoms with Crippen molar-refractivity contribution < 1.29 is 0 Å². The van der Waals surface area contributed by atoms with Gasteiger partial charge >= 0.3 is 0 Å². The Balaban J connectivity index is 2.25. The number of alkyl halides is 1. The fraction of sp³-hybridized carbons (Fsp3) is 1.00. The molecule has 1 heteroatoms. The van der Waals surface area contributed by atoms with Gasteiger partial charge in [-0.3, -0.25) is 0 Å². The van der Waals surface area contributed by atoms with Crippen molar-refractivity contribution >= 4 is 15.9 Å². The van der Waals surface area contributed by atoms with E-state index in [-0.39, 0.29) is 0 Å². The van der Waals surface area contributed by atoms with Gasteiger partial charge in [-0.25, -0.2) is 0 Å². The van der Waals surface area contributed by atoms with Crippen molar-refractivity contribution in [1.29, 1.82) is 0 Å². The van der Waals surface area contributed by atoms with Gasteiger partial charge in [0.25, 0.3) is 0 Å². The summed E-state index contributed by atoms with van der Waals surface area (Å²) in [6.07, 6.45) is 9.98. The third-order valence-electron chi connectivity index (χ3n) is 3.30. The van der Waals surface area contributed by atoms with Crippen molar-refractivity contribution in [2.45, 2.75) is 63.6 Å². The fourth-order valence-electron chi connectivity index (χ4n) is 2.56. The zero-order valence-corrected chi connectivity index (χ0v) is 10.6. The Morgan fingerprint density at radius 1 is 1.31 bits per heavy atom. The summed E-state index contributed by atoms with van der Waals surface area (Å²) in [5.41, 5.74) is 0. The lowest BCUT2D eigenvalue weighted by atomic mass is 9.82. The van der Waals surface area contributed by atoms with Crippen molar-refractivity contribution in [3.05, 3.63) is 0 Å². The molecule has 1 aliphatic carbocycles. The van der Waals surface area contributed by atoms with Gasteiger partial charge in [0, 0.05) is 4.83 Å². The first-order chi connectivity index (χ1) is 6.24. The van der Waals surface area contributed by atoms with Crippen LogP contribution < -0.4 is 0 Å². The number of rotatable bonds is 4. The van der Waals surface area contributed by atoms with E-state index in [2.05, 4.69) is 29.8 Å². The molecule has 0 spiro atoms. The molecule has 13 heavy (non-hydrogen) atoms. The van der Waals surface area contributed by atoms with E-state index in [1.165, 1.54) is 44.9 Å². The van der Waals surface area contributed by atoms with Crippen molar-refractivity contribution in [2.75, 3.05) is 0 Å². The van der Waals surface area contributed by atoms with Gasteiger partial charge in [0.15, 0.2) is 0 Å². The lowest BCUT2D eigenvalue weighted by molar-refractivity contribution is 0.300. The van der Waals surface area contributed by atoms with Gasteiger partial charge in [-0.1, -0.05) is 55.5 Å². The van der Waals surface area contributed by atoms with Crippen LogP contribution in [0.5, 0.6) is 0 Å². The SMILES string of the molecule is CCCC(C)CC1CCCCC1Br. The quantitative estimate of drug-likeness (QED) is 0.628. The van der Waals surface area contributed by atoms with Gasteiger partial charge in [-0.05, 0) is 31.1 Å². The second kappa shape index (κ2) is 6.06. The van der Waals surface area contributed by atoms with Crippen LogP contribution in [0.25, 0.3) is 0 Å². The minimum absolute atomic E-state index is 0.820. The summed E-state index contributed by atoms with van der Waals surface area (Å²) in [4.78, 5) is 0.820. The molecule has 0 heterocycles. The van der Waals surface area contributed by atoms with E-state index in [4.69, 9.17) is 0 Å². The lowest BCUT2D eigenvalue weighted by Gasteiger charge is -2.29. The van der Waals surface area contributed by atoms with Crippen LogP contribution in [0, 0.1) is 11.8 Å². The molecule has 0 nitrogen and oxygen atoms in total. The monoisotopic (exact) mass is 246 g/mol. The molecule has 1 rings (SSSR count). The summed E-state index contributed by atoms with van der Waals surface area (Å²) < 4.78 is 0. The van der Waals surface area contributed by atoms with E-state index in [9.17, 15) is 0 Å². The van der Waals surface area contributed by atoms with Crippen LogP contribution in [-0.4, -0.2) is 4.83 Å². The average molecular weight is 247 g/mol. The van der Waals surface area contributed by atoms with Crippen LogP contribution in [0.1, 0.15) is 58.8 Å². The first-order valence-electron chi connectivity index (χ1n) is 5.88. The Morgan fingerprint density at radius 2 is 2.00 bits per heavy atom. The van der Waals surface area contributed by atoms with E-state index in [0.29, 0.717) is 0 Å². The Hall–Kier alpha value is 0.480. The first-order valence-corrected chi connectivity index (χ1v) is 6.79. The van der Waals surface area contributed by atoms with Gasteiger partial charge in [0.2, 0.25) is 0 Å². The Labute approximate surface area is 91.6 Å². The fourth-order valence-corrected chi connectivity index (χ4v) is 3.36. The molecule has 0 N–H and O–H groups in total. The molecule has 1 saturated carbocycles.